The number of nitrogens with one attached hydrogen (secondary N) is 1. The van der Waals surface area contributed by atoms with E-state index in [1.54, 1.807) is 0 Å². The smallest absolute Gasteiger partial charge is 0.126 e. The summed E-state index contributed by atoms with van der Waals surface area (Å²) in [6.45, 7) is 9.02. The van der Waals surface area contributed by atoms with E-state index in [1.807, 2.05) is 6.20 Å². The summed E-state index contributed by atoms with van der Waals surface area (Å²) in [6, 6.07) is 4.94. The van der Waals surface area contributed by atoms with Gasteiger partial charge in [-0.1, -0.05) is 33.8 Å². The molecule has 0 atom stereocenters. The number of nitrogens with zero attached hydrogens (tertiary/aromatic N) is 1. The fourth-order valence-electron chi connectivity index (χ4n) is 2.54. The fraction of sp³-hybridized carbons (Fsp3) is 0.688. The van der Waals surface area contributed by atoms with E-state index in [0.717, 1.165) is 11.7 Å². The van der Waals surface area contributed by atoms with E-state index in [2.05, 4.69) is 50.1 Å². The molecule has 1 aliphatic rings. The summed E-state index contributed by atoms with van der Waals surface area (Å²) in [6.07, 6.45) is 7.26. The molecule has 100 valence electrons. The average molecular weight is 246 g/mol. The second kappa shape index (κ2) is 5.29. The Balaban J connectivity index is 1.94. The highest BCUT2D eigenvalue weighted by molar-refractivity contribution is 5.38. The molecule has 1 aromatic heterocycles. The van der Waals surface area contributed by atoms with E-state index in [4.69, 9.17) is 0 Å². The molecule has 0 aliphatic heterocycles. The summed E-state index contributed by atoms with van der Waals surface area (Å²) in [4.78, 5) is 4.55. The molecular formula is C16H26N2. The van der Waals surface area contributed by atoms with Crippen LogP contribution < -0.4 is 5.32 Å². The van der Waals surface area contributed by atoms with Crippen molar-refractivity contribution in [1.82, 2.24) is 4.98 Å². The van der Waals surface area contributed by atoms with Gasteiger partial charge < -0.3 is 5.32 Å². The van der Waals surface area contributed by atoms with E-state index in [-0.39, 0.29) is 5.41 Å². The second-order valence-corrected chi connectivity index (χ2v) is 6.78. The van der Waals surface area contributed by atoms with E-state index >= 15 is 0 Å². The molecule has 1 fully saturated rings. The standard InChI is InChI=1S/C16H26N2/c1-12-5-8-14(9-6-12)18-15-10-7-13(11-17-15)16(2,3)4/h7,10-12,14H,5-6,8-9H2,1-4H3,(H,17,18). The molecule has 18 heavy (non-hydrogen) atoms. The van der Waals surface area contributed by atoms with Gasteiger partial charge in [0.15, 0.2) is 0 Å². The van der Waals surface area contributed by atoms with Gasteiger partial charge in [-0.3, -0.25) is 0 Å². The lowest BCUT2D eigenvalue weighted by Gasteiger charge is -2.27. The minimum absolute atomic E-state index is 0.186. The molecule has 1 aliphatic carbocycles. The normalized spacial score (nSPS) is 24.9. The topological polar surface area (TPSA) is 24.9 Å². The number of rotatable bonds is 2. The summed E-state index contributed by atoms with van der Waals surface area (Å²) >= 11 is 0. The Kier molecular flexibility index (Phi) is 3.94. The van der Waals surface area contributed by atoms with Crippen molar-refractivity contribution in [1.29, 1.82) is 0 Å². The second-order valence-electron chi connectivity index (χ2n) is 6.78. The molecule has 1 heterocycles. The van der Waals surface area contributed by atoms with Crippen molar-refractivity contribution in [2.45, 2.75) is 64.8 Å². The van der Waals surface area contributed by atoms with Crippen LogP contribution in [0.5, 0.6) is 0 Å². The number of hydrogen-bond donors (Lipinski definition) is 1. The van der Waals surface area contributed by atoms with Gasteiger partial charge >= 0.3 is 0 Å². The maximum Gasteiger partial charge on any atom is 0.126 e. The lowest BCUT2D eigenvalue weighted by Crippen LogP contribution is -2.25. The first-order chi connectivity index (χ1) is 8.45. The number of pyridine rings is 1. The fourth-order valence-corrected chi connectivity index (χ4v) is 2.54. The minimum Gasteiger partial charge on any atom is -0.367 e. The van der Waals surface area contributed by atoms with Gasteiger partial charge in [0.05, 0.1) is 0 Å². The molecule has 2 nitrogen and oxygen atoms in total. The molecule has 2 heteroatoms. The monoisotopic (exact) mass is 246 g/mol. The lowest BCUT2D eigenvalue weighted by atomic mass is 9.87. The van der Waals surface area contributed by atoms with Gasteiger partial charge in [0.25, 0.3) is 0 Å². The molecule has 0 spiro atoms. The van der Waals surface area contributed by atoms with Gasteiger partial charge in [-0.2, -0.15) is 0 Å². The SMILES string of the molecule is CC1CCC(Nc2ccc(C(C)(C)C)cn2)CC1. The first-order valence-electron chi connectivity index (χ1n) is 7.18. The van der Waals surface area contributed by atoms with Crippen molar-refractivity contribution >= 4 is 5.82 Å². The summed E-state index contributed by atoms with van der Waals surface area (Å²) in [5.41, 5.74) is 1.48. The molecule has 2 rings (SSSR count). The summed E-state index contributed by atoms with van der Waals surface area (Å²) < 4.78 is 0. The molecule has 0 bridgehead atoms. The Bertz CT molecular complexity index is 367. The molecule has 0 unspecified atom stereocenters. The Labute approximate surface area is 111 Å². The first-order valence-corrected chi connectivity index (χ1v) is 7.18. The Morgan fingerprint density at radius 3 is 2.28 bits per heavy atom. The molecule has 0 aromatic carbocycles. The molecule has 0 amide bonds. The molecule has 1 aromatic rings. The van der Waals surface area contributed by atoms with Crippen LogP contribution in [0, 0.1) is 5.92 Å². The maximum absolute atomic E-state index is 4.55. The maximum atomic E-state index is 4.55. The van der Waals surface area contributed by atoms with Crippen LogP contribution in [0.3, 0.4) is 0 Å². The van der Waals surface area contributed by atoms with Gasteiger partial charge in [-0.15, -0.1) is 0 Å². The molecule has 1 N–H and O–H groups in total. The Morgan fingerprint density at radius 1 is 1.11 bits per heavy atom. The number of aromatic nitrogens is 1. The molecule has 1 saturated carbocycles. The highest BCUT2D eigenvalue weighted by atomic mass is 15.0. The zero-order chi connectivity index (χ0) is 13.2. The minimum atomic E-state index is 0.186. The van der Waals surface area contributed by atoms with Crippen molar-refractivity contribution in [3.8, 4) is 0 Å². The van der Waals surface area contributed by atoms with Crippen molar-refractivity contribution in [3.05, 3.63) is 23.9 Å². The van der Waals surface area contributed by atoms with E-state index in [0.29, 0.717) is 6.04 Å². The highest BCUT2D eigenvalue weighted by Crippen LogP contribution is 2.26. The Hall–Kier alpha value is -1.05. The van der Waals surface area contributed by atoms with Crippen LogP contribution in [0.15, 0.2) is 18.3 Å². The van der Waals surface area contributed by atoms with Crippen LogP contribution in [0.2, 0.25) is 0 Å². The van der Waals surface area contributed by atoms with Crippen LogP contribution in [0.4, 0.5) is 5.82 Å². The van der Waals surface area contributed by atoms with E-state index < -0.39 is 0 Å². The average Bonchev–Trinajstić information content (AvgIpc) is 2.32. The van der Waals surface area contributed by atoms with Crippen molar-refractivity contribution in [2.75, 3.05) is 5.32 Å². The van der Waals surface area contributed by atoms with Crippen LogP contribution in [-0.2, 0) is 5.41 Å². The van der Waals surface area contributed by atoms with Crippen molar-refractivity contribution in [3.63, 3.8) is 0 Å². The van der Waals surface area contributed by atoms with Crippen LogP contribution >= 0.6 is 0 Å². The summed E-state index contributed by atoms with van der Waals surface area (Å²) in [7, 11) is 0. The zero-order valence-electron chi connectivity index (χ0n) is 12.2. The van der Waals surface area contributed by atoms with Crippen LogP contribution in [0.25, 0.3) is 0 Å². The van der Waals surface area contributed by atoms with Gasteiger partial charge in [0.2, 0.25) is 0 Å². The van der Waals surface area contributed by atoms with Gasteiger partial charge in [0, 0.05) is 12.2 Å². The molecule has 0 saturated heterocycles. The Morgan fingerprint density at radius 2 is 1.78 bits per heavy atom. The zero-order valence-corrected chi connectivity index (χ0v) is 12.2. The van der Waals surface area contributed by atoms with E-state index in [1.165, 1.54) is 31.2 Å². The predicted octanol–water partition coefficient (Wildman–Crippen LogP) is 4.37. The highest BCUT2D eigenvalue weighted by Gasteiger charge is 2.18. The molecule has 0 radical (unpaired) electrons. The third kappa shape index (κ3) is 3.47. The predicted molar refractivity (Wildman–Crippen MR) is 78.0 cm³/mol. The van der Waals surface area contributed by atoms with Gasteiger partial charge in [-0.25, -0.2) is 4.98 Å². The summed E-state index contributed by atoms with van der Waals surface area (Å²) in [5.74, 6) is 1.93. The number of hydrogen-bond acceptors (Lipinski definition) is 2. The largest absolute Gasteiger partial charge is 0.367 e. The van der Waals surface area contributed by atoms with Crippen molar-refractivity contribution in [2.24, 2.45) is 5.92 Å². The van der Waals surface area contributed by atoms with E-state index in [9.17, 15) is 0 Å². The quantitative estimate of drug-likeness (QED) is 0.838. The van der Waals surface area contributed by atoms with Gasteiger partial charge in [0.1, 0.15) is 5.82 Å². The van der Waals surface area contributed by atoms with Gasteiger partial charge in [-0.05, 0) is 48.6 Å². The first kappa shape index (κ1) is 13.4. The van der Waals surface area contributed by atoms with Crippen molar-refractivity contribution < 1.29 is 0 Å². The number of anilines is 1. The van der Waals surface area contributed by atoms with Crippen LogP contribution in [0.1, 0.15) is 58.9 Å². The third-order valence-electron chi connectivity index (χ3n) is 4.00. The summed E-state index contributed by atoms with van der Waals surface area (Å²) in [5, 5.41) is 3.57. The van der Waals surface area contributed by atoms with Crippen LogP contribution in [-0.4, -0.2) is 11.0 Å². The lowest BCUT2D eigenvalue weighted by molar-refractivity contribution is 0.361. The third-order valence-corrected chi connectivity index (χ3v) is 4.00. The molecular weight excluding hydrogens is 220 g/mol.